The van der Waals surface area contributed by atoms with Gasteiger partial charge in [0.25, 0.3) is 5.56 Å². The Morgan fingerprint density at radius 2 is 1.79 bits per heavy atom. The summed E-state index contributed by atoms with van der Waals surface area (Å²) in [5, 5.41) is 10.8. The highest BCUT2D eigenvalue weighted by atomic mass is 19.1. The normalized spacial score (nSPS) is 12.0. The maximum atomic E-state index is 14.1. The quantitative estimate of drug-likeness (QED) is 0.318. The molecule has 0 unspecified atom stereocenters. The maximum absolute atomic E-state index is 14.1. The summed E-state index contributed by atoms with van der Waals surface area (Å²) < 4.78 is 40.3. The van der Waals surface area contributed by atoms with Gasteiger partial charge in [-0.2, -0.15) is 4.98 Å². The van der Waals surface area contributed by atoms with Gasteiger partial charge in [0.15, 0.2) is 0 Å². The van der Waals surface area contributed by atoms with E-state index in [0.29, 0.717) is 6.61 Å². The number of benzene rings is 2. The summed E-state index contributed by atoms with van der Waals surface area (Å²) in [4.78, 5) is 22.4. The third-order valence-electron chi connectivity index (χ3n) is 6.25. The van der Waals surface area contributed by atoms with Crippen LogP contribution < -0.4 is 5.56 Å². The van der Waals surface area contributed by atoms with Crippen molar-refractivity contribution in [3.8, 4) is 17.0 Å². The maximum Gasteiger partial charge on any atom is 0.261 e. The third-order valence-corrected chi connectivity index (χ3v) is 6.25. The number of halogens is 2. The van der Waals surface area contributed by atoms with Gasteiger partial charge in [0.1, 0.15) is 24.1 Å². The lowest BCUT2D eigenvalue weighted by Gasteiger charge is -2.24. The fourth-order valence-electron chi connectivity index (χ4n) is 4.41. The van der Waals surface area contributed by atoms with Gasteiger partial charge in [-0.15, -0.1) is 0 Å². The third kappa shape index (κ3) is 5.95. The monoisotopic (exact) mass is 521 g/mol. The van der Waals surface area contributed by atoms with Crippen LogP contribution in [0.15, 0.2) is 65.6 Å². The highest BCUT2D eigenvalue weighted by Crippen LogP contribution is 2.26. The van der Waals surface area contributed by atoms with Gasteiger partial charge in [0.2, 0.25) is 5.88 Å². The molecule has 4 rings (SSSR count). The second-order valence-corrected chi connectivity index (χ2v) is 8.83. The predicted molar refractivity (Wildman–Crippen MR) is 139 cm³/mol. The first-order valence-corrected chi connectivity index (χ1v) is 12.2. The minimum absolute atomic E-state index is 0.0496. The minimum Gasteiger partial charge on any atom is -0.493 e. The molecule has 38 heavy (non-hydrogen) atoms. The fourth-order valence-corrected chi connectivity index (χ4v) is 4.41. The van der Waals surface area contributed by atoms with Gasteiger partial charge in [-0.05, 0) is 48.7 Å². The van der Waals surface area contributed by atoms with Crippen molar-refractivity contribution in [2.75, 3.05) is 20.3 Å². The van der Waals surface area contributed by atoms with E-state index in [-0.39, 0.29) is 36.6 Å². The Hall–Kier alpha value is -3.95. The summed E-state index contributed by atoms with van der Waals surface area (Å²) in [6.45, 7) is 3.90. The Morgan fingerprint density at radius 1 is 1.08 bits per heavy atom. The van der Waals surface area contributed by atoms with E-state index in [2.05, 4.69) is 9.97 Å². The van der Waals surface area contributed by atoms with Crippen LogP contribution in [-0.2, 0) is 22.5 Å². The summed E-state index contributed by atoms with van der Waals surface area (Å²) >= 11 is 0. The van der Waals surface area contributed by atoms with E-state index >= 15 is 0 Å². The van der Waals surface area contributed by atoms with Crippen LogP contribution in [-0.4, -0.2) is 40.0 Å². The van der Waals surface area contributed by atoms with Crippen molar-refractivity contribution in [1.29, 1.82) is 0 Å². The standard InChI is InChI=1S/C29H29F2N3O4/c1-4-38-17-27-33-28(35)25(12-19-7-9-20(10-8-19)24-6-5-11-32-18(24)2)29(36)34(27)26(16-37-3)21-13-22(30)15-23(31)14-21/h5-11,13-15,26,35H,4,12,16-17H2,1-3H3/t26-/m0/s1. The molecule has 0 bridgehead atoms. The topological polar surface area (TPSA) is 86.5 Å². The van der Waals surface area contributed by atoms with Crippen LogP contribution in [0.25, 0.3) is 11.1 Å². The van der Waals surface area contributed by atoms with Crippen LogP contribution in [0.3, 0.4) is 0 Å². The second-order valence-electron chi connectivity index (χ2n) is 8.83. The number of pyridine rings is 1. The van der Waals surface area contributed by atoms with Crippen molar-refractivity contribution < 1.29 is 23.4 Å². The molecule has 4 aromatic rings. The van der Waals surface area contributed by atoms with Gasteiger partial charge in [-0.25, -0.2) is 8.78 Å². The zero-order valence-corrected chi connectivity index (χ0v) is 21.4. The summed E-state index contributed by atoms with van der Waals surface area (Å²) in [5.41, 5.74) is 3.33. The molecule has 2 aromatic carbocycles. The van der Waals surface area contributed by atoms with E-state index in [0.717, 1.165) is 40.6 Å². The fraction of sp³-hybridized carbons (Fsp3) is 0.276. The summed E-state index contributed by atoms with van der Waals surface area (Å²) in [6, 6.07) is 13.6. The minimum atomic E-state index is -0.907. The number of hydrogen-bond donors (Lipinski definition) is 1. The van der Waals surface area contributed by atoms with Crippen molar-refractivity contribution in [1.82, 2.24) is 14.5 Å². The highest BCUT2D eigenvalue weighted by Gasteiger charge is 2.25. The predicted octanol–water partition coefficient (Wildman–Crippen LogP) is 4.96. The van der Waals surface area contributed by atoms with Crippen LogP contribution in [0.5, 0.6) is 5.88 Å². The van der Waals surface area contributed by atoms with Gasteiger partial charge in [0.05, 0.1) is 18.2 Å². The molecule has 0 radical (unpaired) electrons. The Bertz CT molecular complexity index is 1450. The van der Waals surface area contributed by atoms with Crippen LogP contribution in [0, 0.1) is 18.6 Å². The lowest BCUT2D eigenvalue weighted by molar-refractivity contribution is 0.116. The Labute approximate surface area is 219 Å². The van der Waals surface area contributed by atoms with Crippen molar-refractivity contribution in [3.05, 3.63) is 111 Å². The van der Waals surface area contributed by atoms with Crippen molar-refractivity contribution in [2.45, 2.75) is 32.9 Å². The molecule has 1 atom stereocenters. The van der Waals surface area contributed by atoms with Crippen molar-refractivity contribution in [2.24, 2.45) is 0 Å². The largest absolute Gasteiger partial charge is 0.493 e. The molecule has 9 heteroatoms. The average molecular weight is 522 g/mol. The zero-order chi connectivity index (χ0) is 27.2. The van der Waals surface area contributed by atoms with E-state index < -0.39 is 29.1 Å². The Kier molecular flexibility index (Phi) is 8.60. The first-order chi connectivity index (χ1) is 18.3. The first kappa shape index (κ1) is 27.1. The molecule has 0 spiro atoms. The number of methoxy groups -OCH3 is 1. The molecular weight excluding hydrogens is 492 g/mol. The molecule has 0 fully saturated rings. The van der Waals surface area contributed by atoms with Gasteiger partial charge in [-0.1, -0.05) is 30.3 Å². The van der Waals surface area contributed by atoms with Crippen LogP contribution >= 0.6 is 0 Å². The molecule has 198 valence electrons. The molecule has 0 saturated carbocycles. The molecule has 0 amide bonds. The van der Waals surface area contributed by atoms with E-state index in [1.54, 1.807) is 13.1 Å². The highest BCUT2D eigenvalue weighted by molar-refractivity contribution is 5.65. The number of nitrogens with zero attached hydrogens (tertiary/aromatic N) is 3. The van der Waals surface area contributed by atoms with E-state index in [9.17, 15) is 18.7 Å². The Balaban J connectivity index is 1.78. The molecule has 0 saturated heterocycles. The van der Waals surface area contributed by atoms with Gasteiger partial charge >= 0.3 is 0 Å². The van der Waals surface area contributed by atoms with Crippen molar-refractivity contribution >= 4 is 0 Å². The van der Waals surface area contributed by atoms with Crippen LogP contribution in [0.1, 0.15) is 41.2 Å². The number of aryl methyl sites for hydroxylation is 1. The number of aromatic hydroxyl groups is 1. The number of rotatable bonds is 10. The average Bonchev–Trinajstić information content (AvgIpc) is 2.89. The molecule has 0 aliphatic heterocycles. The molecule has 0 aliphatic rings. The number of hydrogen-bond acceptors (Lipinski definition) is 6. The van der Waals surface area contributed by atoms with Gasteiger partial charge < -0.3 is 14.6 Å². The lowest BCUT2D eigenvalue weighted by Crippen LogP contribution is -2.34. The smallest absolute Gasteiger partial charge is 0.261 e. The number of aromatic nitrogens is 3. The van der Waals surface area contributed by atoms with Crippen LogP contribution in [0.2, 0.25) is 0 Å². The second kappa shape index (κ2) is 12.1. The number of ether oxygens (including phenoxy) is 2. The van der Waals surface area contributed by atoms with E-state index in [4.69, 9.17) is 9.47 Å². The molecule has 2 heterocycles. The lowest BCUT2D eigenvalue weighted by atomic mass is 10.00. The molecule has 2 aromatic heterocycles. The molecule has 7 nitrogen and oxygen atoms in total. The summed E-state index contributed by atoms with van der Waals surface area (Å²) in [6.07, 6.45) is 1.83. The first-order valence-electron chi connectivity index (χ1n) is 12.2. The molecule has 0 aliphatic carbocycles. The van der Waals surface area contributed by atoms with E-state index in [1.807, 2.05) is 43.3 Å². The zero-order valence-electron chi connectivity index (χ0n) is 21.4. The molecule has 1 N–H and O–H groups in total. The van der Waals surface area contributed by atoms with E-state index in [1.165, 1.54) is 11.7 Å². The van der Waals surface area contributed by atoms with Crippen molar-refractivity contribution in [3.63, 3.8) is 0 Å². The summed E-state index contributed by atoms with van der Waals surface area (Å²) in [5.74, 6) is -1.87. The Morgan fingerprint density at radius 3 is 2.42 bits per heavy atom. The molecular formula is C29H29F2N3O4. The van der Waals surface area contributed by atoms with Crippen LogP contribution in [0.4, 0.5) is 8.78 Å². The SMILES string of the molecule is CCOCc1nc(O)c(Cc2ccc(-c3cccnc3C)cc2)c(=O)n1[C@@H](COC)c1cc(F)cc(F)c1. The van der Waals surface area contributed by atoms with Gasteiger partial charge in [0, 0.05) is 43.7 Å². The summed E-state index contributed by atoms with van der Waals surface area (Å²) in [7, 11) is 1.43. The van der Waals surface area contributed by atoms with Gasteiger partial charge in [-0.3, -0.25) is 14.3 Å².